The van der Waals surface area contributed by atoms with E-state index in [1.165, 1.54) is 36.4 Å². The van der Waals surface area contributed by atoms with Gasteiger partial charge in [0.1, 0.15) is 10.6 Å². The van der Waals surface area contributed by atoms with Crippen LogP contribution in [0.4, 0.5) is 0 Å². The molecule has 0 spiro atoms. The molecular weight excluding hydrogens is 396 g/mol. The van der Waals surface area contributed by atoms with Crippen LogP contribution in [0.25, 0.3) is 0 Å². The molecule has 0 aromatic heterocycles. The fraction of sp³-hybridized carbons (Fsp3) is 0.143. The summed E-state index contributed by atoms with van der Waals surface area (Å²) in [6.45, 7) is 3.61. The summed E-state index contributed by atoms with van der Waals surface area (Å²) in [5, 5.41) is 0. The van der Waals surface area contributed by atoms with Crippen LogP contribution in [0.1, 0.15) is 12.5 Å². The second kappa shape index (κ2) is 7.77. The van der Waals surface area contributed by atoms with E-state index in [1.807, 2.05) is 0 Å². The third kappa shape index (κ3) is 3.68. The Balaban J connectivity index is 2.28. The van der Waals surface area contributed by atoms with E-state index in [2.05, 4.69) is 0 Å². The van der Waals surface area contributed by atoms with Crippen molar-refractivity contribution in [2.24, 2.45) is 0 Å². The minimum Gasteiger partial charge on any atom is -0.492 e. The third-order valence-corrected chi connectivity index (χ3v) is 7.93. The first-order valence-electron chi connectivity index (χ1n) is 8.66. The molecular formula is C21H20O5S2. The van der Waals surface area contributed by atoms with Gasteiger partial charge in [0, 0.05) is 0 Å². The zero-order valence-corrected chi connectivity index (χ0v) is 17.1. The molecule has 0 heterocycles. The van der Waals surface area contributed by atoms with Crippen molar-refractivity contribution in [3.63, 3.8) is 0 Å². The van der Waals surface area contributed by atoms with Crippen LogP contribution in [0.3, 0.4) is 0 Å². The van der Waals surface area contributed by atoms with Crippen molar-refractivity contribution in [1.29, 1.82) is 0 Å². The number of hydrogen-bond donors (Lipinski definition) is 0. The van der Waals surface area contributed by atoms with Gasteiger partial charge in [-0.25, -0.2) is 16.8 Å². The predicted molar refractivity (Wildman–Crippen MR) is 106 cm³/mol. The average molecular weight is 417 g/mol. The largest absolute Gasteiger partial charge is 0.492 e. The molecule has 7 heteroatoms. The monoisotopic (exact) mass is 416 g/mol. The van der Waals surface area contributed by atoms with E-state index >= 15 is 0 Å². The van der Waals surface area contributed by atoms with Crippen molar-refractivity contribution in [3.05, 3.63) is 78.4 Å². The summed E-state index contributed by atoms with van der Waals surface area (Å²) in [4.78, 5) is -0.0505. The van der Waals surface area contributed by atoms with Crippen molar-refractivity contribution in [2.75, 3.05) is 6.61 Å². The Morgan fingerprint density at radius 2 is 1.18 bits per heavy atom. The highest BCUT2D eigenvalue weighted by atomic mass is 32.2. The Bertz CT molecular complexity index is 1180. The van der Waals surface area contributed by atoms with E-state index in [0.29, 0.717) is 5.56 Å². The summed E-state index contributed by atoms with van der Waals surface area (Å²) in [7, 11) is -7.85. The highest BCUT2D eigenvalue weighted by molar-refractivity contribution is 7.92. The number of benzene rings is 3. The van der Waals surface area contributed by atoms with Crippen molar-refractivity contribution >= 4 is 19.7 Å². The van der Waals surface area contributed by atoms with Gasteiger partial charge >= 0.3 is 0 Å². The first kappa shape index (κ1) is 20.1. The SMILES string of the molecule is CCOc1cc(C)c(S(=O)(=O)c2ccccc2)cc1S(=O)(=O)c1ccccc1. The van der Waals surface area contributed by atoms with Crippen LogP contribution >= 0.6 is 0 Å². The lowest BCUT2D eigenvalue weighted by molar-refractivity contribution is 0.330. The number of sulfone groups is 2. The molecule has 0 fully saturated rings. The Labute approximate surface area is 165 Å². The van der Waals surface area contributed by atoms with Gasteiger partial charge in [-0.15, -0.1) is 0 Å². The molecule has 28 heavy (non-hydrogen) atoms. The number of aryl methyl sites for hydroxylation is 1. The summed E-state index contributed by atoms with van der Waals surface area (Å²) < 4.78 is 58.1. The third-order valence-electron chi connectivity index (χ3n) is 4.23. The van der Waals surface area contributed by atoms with Gasteiger partial charge in [0.05, 0.1) is 21.3 Å². The average Bonchev–Trinajstić information content (AvgIpc) is 2.69. The topological polar surface area (TPSA) is 77.5 Å². The molecule has 5 nitrogen and oxygen atoms in total. The minimum absolute atomic E-state index is 0.0586. The van der Waals surface area contributed by atoms with Crippen molar-refractivity contribution in [1.82, 2.24) is 0 Å². The quantitative estimate of drug-likeness (QED) is 0.606. The van der Waals surface area contributed by atoms with Gasteiger partial charge < -0.3 is 4.74 Å². The molecule has 3 aromatic rings. The van der Waals surface area contributed by atoms with Crippen molar-refractivity contribution in [2.45, 2.75) is 33.4 Å². The molecule has 0 aliphatic carbocycles. The molecule has 3 aromatic carbocycles. The zero-order valence-electron chi connectivity index (χ0n) is 15.5. The van der Waals surface area contributed by atoms with Gasteiger partial charge in [0.2, 0.25) is 19.7 Å². The standard InChI is InChI=1S/C21H20O5S2/c1-3-26-19-14-16(2)20(27(22,23)17-10-6-4-7-11-17)15-21(19)28(24,25)18-12-8-5-9-13-18/h4-15H,3H2,1-2H3. The molecule has 0 atom stereocenters. The predicted octanol–water partition coefficient (Wildman–Crippen LogP) is 4.06. The molecule has 0 N–H and O–H groups in total. The fourth-order valence-electron chi connectivity index (χ4n) is 2.86. The van der Waals surface area contributed by atoms with E-state index in [1.54, 1.807) is 50.2 Å². The minimum atomic E-state index is -3.96. The molecule has 0 aliphatic heterocycles. The fourth-order valence-corrected chi connectivity index (χ4v) is 5.89. The molecule has 0 unspecified atom stereocenters. The summed E-state index contributed by atoms with van der Waals surface area (Å²) in [5.41, 5.74) is 0.416. The van der Waals surface area contributed by atoms with E-state index in [4.69, 9.17) is 4.74 Å². The Morgan fingerprint density at radius 3 is 1.64 bits per heavy atom. The molecule has 0 saturated heterocycles. The van der Waals surface area contributed by atoms with Gasteiger partial charge in [-0.05, 0) is 55.8 Å². The van der Waals surface area contributed by atoms with E-state index in [-0.39, 0.29) is 31.9 Å². The summed E-state index contributed by atoms with van der Waals surface area (Å²) in [6, 6.07) is 18.5. The molecule has 0 bridgehead atoms. The van der Waals surface area contributed by atoms with Crippen LogP contribution in [0.5, 0.6) is 5.75 Å². The summed E-state index contributed by atoms with van der Waals surface area (Å²) in [6.07, 6.45) is 0. The van der Waals surface area contributed by atoms with E-state index < -0.39 is 19.7 Å². The first-order chi connectivity index (χ1) is 13.3. The Hall–Kier alpha value is -2.64. The van der Waals surface area contributed by atoms with Crippen LogP contribution < -0.4 is 4.74 Å². The molecule has 0 saturated carbocycles. The van der Waals surface area contributed by atoms with Gasteiger partial charge in [-0.2, -0.15) is 0 Å². The van der Waals surface area contributed by atoms with E-state index in [9.17, 15) is 16.8 Å². The van der Waals surface area contributed by atoms with Gasteiger partial charge in [-0.3, -0.25) is 0 Å². The van der Waals surface area contributed by atoms with Gasteiger partial charge in [-0.1, -0.05) is 36.4 Å². The second-order valence-corrected chi connectivity index (χ2v) is 9.97. The Kier molecular flexibility index (Phi) is 5.58. The number of hydrogen-bond acceptors (Lipinski definition) is 5. The number of ether oxygens (including phenoxy) is 1. The van der Waals surface area contributed by atoms with Crippen LogP contribution in [0.2, 0.25) is 0 Å². The van der Waals surface area contributed by atoms with Gasteiger partial charge in [0.15, 0.2) is 0 Å². The highest BCUT2D eigenvalue weighted by Gasteiger charge is 2.28. The molecule has 0 amide bonds. The van der Waals surface area contributed by atoms with Crippen molar-refractivity contribution < 1.29 is 21.6 Å². The van der Waals surface area contributed by atoms with Crippen molar-refractivity contribution in [3.8, 4) is 5.75 Å². The molecule has 146 valence electrons. The maximum Gasteiger partial charge on any atom is 0.210 e. The molecule has 0 radical (unpaired) electrons. The normalized spacial score (nSPS) is 11.9. The van der Waals surface area contributed by atoms with Crippen LogP contribution in [0, 0.1) is 6.92 Å². The number of rotatable bonds is 6. The Morgan fingerprint density at radius 1 is 0.714 bits per heavy atom. The smallest absolute Gasteiger partial charge is 0.210 e. The van der Waals surface area contributed by atoms with E-state index in [0.717, 1.165) is 0 Å². The first-order valence-corrected chi connectivity index (χ1v) is 11.6. The lowest BCUT2D eigenvalue weighted by atomic mass is 10.2. The summed E-state index contributed by atoms with van der Waals surface area (Å²) in [5.74, 6) is 0.135. The van der Waals surface area contributed by atoms with Crippen LogP contribution in [-0.2, 0) is 19.7 Å². The lowest BCUT2D eigenvalue weighted by Crippen LogP contribution is -2.10. The van der Waals surface area contributed by atoms with Crippen LogP contribution in [0.15, 0.2) is 92.4 Å². The summed E-state index contributed by atoms with van der Waals surface area (Å²) >= 11 is 0. The maximum atomic E-state index is 13.2. The zero-order chi connectivity index (χ0) is 20.4. The van der Waals surface area contributed by atoms with Gasteiger partial charge in [0.25, 0.3) is 0 Å². The lowest BCUT2D eigenvalue weighted by Gasteiger charge is -2.15. The maximum absolute atomic E-state index is 13.2. The second-order valence-electron chi connectivity index (χ2n) is 6.13. The molecule has 3 rings (SSSR count). The molecule has 0 aliphatic rings. The highest BCUT2D eigenvalue weighted by Crippen LogP contribution is 2.35. The van der Waals surface area contributed by atoms with Crippen LogP contribution in [-0.4, -0.2) is 23.4 Å².